The molecule has 0 saturated heterocycles. The van der Waals surface area contributed by atoms with Gasteiger partial charge in [0.25, 0.3) is 0 Å². The number of aromatic hydroxyl groups is 2. The fraction of sp³-hybridized carbons (Fsp3) is 0.125. The maximum Gasteiger partial charge on any atom is 0.202 e. The molecule has 0 saturated carbocycles. The summed E-state index contributed by atoms with van der Waals surface area (Å²) in [6, 6.07) is 2.57. The van der Waals surface area contributed by atoms with Gasteiger partial charge in [-0.2, -0.15) is 0 Å². The molecule has 0 amide bonds. The lowest BCUT2D eigenvalue weighted by Gasteiger charge is -2.22. The zero-order valence-corrected chi connectivity index (χ0v) is 13.5. The van der Waals surface area contributed by atoms with Gasteiger partial charge in [-0.25, -0.2) is 0 Å². The van der Waals surface area contributed by atoms with Crippen LogP contribution in [0.15, 0.2) is 12.1 Å². The molecule has 1 aliphatic carbocycles. The maximum atomic E-state index is 12.8. The van der Waals surface area contributed by atoms with E-state index in [4.69, 9.17) is 27.9 Å². The van der Waals surface area contributed by atoms with Gasteiger partial charge in [-0.15, -0.1) is 0 Å². The fourth-order valence-electron chi connectivity index (χ4n) is 2.66. The van der Waals surface area contributed by atoms with Gasteiger partial charge in [-0.3, -0.25) is 9.59 Å². The van der Waals surface area contributed by atoms with Crippen molar-refractivity contribution in [3.8, 4) is 17.2 Å². The van der Waals surface area contributed by atoms with Crippen molar-refractivity contribution in [2.45, 2.75) is 6.92 Å². The molecule has 7 heteroatoms. The van der Waals surface area contributed by atoms with E-state index < -0.39 is 17.3 Å². The molecule has 118 valence electrons. The molecular formula is C16H10Cl2O5. The minimum absolute atomic E-state index is 0.0560. The molecule has 0 radical (unpaired) electrons. The number of carbonyl (C=O) groups is 2. The van der Waals surface area contributed by atoms with Crippen LogP contribution >= 0.6 is 23.2 Å². The first-order chi connectivity index (χ1) is 10.8. The lowest BCUT2D eigenvalue weighted by molar-refractivity contribution is 0.0974. The molecular weight excluding hydrogens is 343 g/mol. The highest BCUT2D eigenvalue weighted by atomic mass is 35.5. The van der Waals surface area contributed by atoms with Gasteiger partial charge in [-0.1, -0.05) is 23.2 Å². The second-order valence-corrected chi connectivity index (χ2v) is 5.85. The van der Waals surface area contributed by atoms with Crippen LogP contribution in [0.2, 0.25) is 10.0 Å². The Hall–Kier alpha value is -2.24. The van der Waals surface area contributed by atoms with E-state index in [2.05, 4.69) is 0 Å². The van der Waals surface area contributed by atoms with Crippen molar-refractivity contribution in [3.05, 3.63) is 50.0 Å². The van der Waals surface area contributed by atoms with Crippen molar-refractivity contribution in [3.63, 3.8) is 0 Å². The van der Waals surface area contributed by atoms with Gasteiger partial charge < -0.3 is 14.9 Å². The molecule has 0 aromatic heterocycles. The predicted octanol–water partition coefficient (Wildman–Crippen LogP) is 3.50. The Morgan fingerprint density at radius 1 is 0.957 bits per heavy atom. The molecule has 0 fully saturated rings. The molecule has 0 aliphatic heterocycles. The standard InChI is InChI=1S/C16H10Cl2O5/c1-5-3-7(19)10-11(12(5)17)14(20)6-4-8(23-2)13(18)16(22)9(6)15(10)21/h3-4,19,22H,1-2H3. The summed E-state index contributed by atoms with van der Waals surface area (Å²) < 4.78 is 5.00. The normalized spacial score (nSPS) is 12.9. The highest BCUT2D eigenvalue weighted by Crippen LogP contribution is 2.45. The molecule has 2 aromatic rings. The second-order valence-electron chi connectivity index (χ2n) is 5.10. The highest BCUT2D eigenvalue weighted by molar-refractivity contribution is 6.41. The Bertz CT molecular complexity index is 902. The molecule has 0 unspecified atom stereocenters. The third-order valence-corrected chi connectivity index (χ3v) is 4.63. The van der Waals surface area contributed by atoms with Gasteiger partial charge in [0.2, 0.25) is 5.78 Å². The van der Waals surface area contributed by atoms with Crippen molar-refractivity contribution in [1.29, 1.82) is 0 Å². The van der Waals surface area contributed by atoms with Crippen LogP contribution in [0.3, 0.4) is 0 Å². The third-order valence-electron chi connectivity index (χ3n) is 3.78. The Kier molecular flexibility index (Phi) is 3.50. The number of ether oxygens (including phenoxy) is 1. The SMILES string of the molecule is COc1cc2c(c(O)c1Cl)C(=O)c1c(O)cc(C)c(Cl)c1C2=O. The molecule has 3 rings (SSSR count). The van der Waals surface area contributed by atoms with Gasteiger partial charge in [0.05, 0.1) is 28.8 Å². The largest absolute Gasteiger partial charge is 0.507 e. The predicted molar refractivity (Wildman–Crippen MR) is 84.4 cm³/mol. The number of carbonyl (C=O) groups excluding carboxylic acids is 2. The van der Waals surface area contributed by atoms with Gasteiger partial charge in [-0.05, 0) is 24.6 Å². The number of phenols is 2. The summed E-state index contributed by atoms with van der Waals surface area (Å²) in [4.78, 5) is 25.4. The summed E-state index contributed by atoms with van der Waals surface area (Å²) in [5.41, 5.74) is -0.227. The van der Waals surface area contributed by atoms with E-state index in [1.807, 2.05) is 0 Å². The van der Waals surface area contributed by atoms with Crippen LogP contribution in [-0.2, 0) is 0 Å². The third kappa shape index (κ3) is 2.00. The Balaban J connectivity index is 2.43. The van der Waals surface area contributed by atoms with Crippen LogP contribution in [0, 0.1) is 6.92 Å². The molecule has 2 N–H and O–H groups in total. The van der Waals surface area contributed by atoms with Crippen LogP contribution in [0.4, 0.5) is 0 Å². The smallest absolute Gasteiger partial charge is 0.202 e. The molecule has 1 aliphatic rings. The number of halogens is 2. The average molecular weight is 353 g/mol. The van der Waals surface area contributed by atoms with Crippen molar-refractivity contribution in [1.82, 2.24) is 0 Å². The van der Waals surface area contributed by atoms with Crippen LogP contribution in [0.1, 0.15) is 37.4 Å². The van der Waals surface area contributed by atoms with Gasteiger partial charge in [0, 0.05) is 5.56 Å². The number of rotatable bonds is 1. The highest BCUT2D eigenvalue weighted by Gasteiger charge is 2.38. The number of methoxy groups -OCH3 is 1. The van der Waals surface area contributed by atoms with Crippen molar-refractivity contribution in [2.75, 3.05) is 7.11 Å². The zero-order chi connectivity index (χ0) is 17.0. The molecule has 0 bridgehead atoms. The number of phenolic OH excluding ortho intramolecular Hbond substituents is 2. The number of hydrogen-bond acceptors (Lipinski definition) is 5. The summed E-state index contributed by atoms with van der Waals surface area (Å²) in [6.45, 7) is 1.61. The first kappa shape index (κ1) is 15.6. The van der Waals surface area contributed by atoms with Crippen molar-refractivity contribution < 1.29 is 24.5 Å². The van der Waals surface area contributed by atoms with Crippen molar-refractivity contribution >= 4 is 34.8 Å². The molecule has 5 nitrogen and oxygen atoms in total. The Morgan fingerprint density at radius 3 is 2.22 bits per heavy atom. The summed E-state index contributed by atoms with van der Waals surface area (Å²) >= 11 is 12.1. The van der Waals surface area contributed by atoms with E-state index in [1.54, 1.807) is 6.92 Å². The van der Waals surface area contributed by atoms with Crippen LogP contribution in [0.25, 0.3) is 0 Å². The van der Waals surface area contributed by atoms with Crippen LogP contribution < -0.4 is 4.74 Å². The zero-order valence-electron chi connectivity index (χ0n) is 12.0. The minimum Gasteiger partial charge on any atom is -0.507 e. The Labute approximate surface area is 141 Å². The summed E-state index contributed by atoms with van der Waals surface area (Å²) in [5.74, 6) is -2.21. The Morgan fingerprint density at radius 2 is 1.61 bits per heavy atom. The molecule has 2 aromatic carbocycles. The molecule has 0 spiro atoms. The van der Waals surface area contributed by atoms with Gasteiger partial charge in [0.15, 0.2) is 5.78 Å². The monoisotopic (exact) mass is 352 g/mol. The first-order valence-electron chi connectivity index (χ1n) is 6.50. The van der Waals surface area contributed by atoms with Gasteiger partial charge >= 0.3 is 0 Å². The topological polar surface area (TPSA) is 83.8 Å². The number of ketones is 2. The first-order valence-corrected chi connectivity index (χ1v) is 7.26. The summed E-state index contributed by atoms with van der Waals surface area (Å²) in [7, 11) is 1.32. The van der Waals surface area contributed by atoms with E-state index in [9.17, 15) is 19.8 Å². The summed E-state index contributed by atoms with van der Waals surface area (Å²) in [6.07, 6.45) is 0. The molecule has 0 atom stereocenters. The van der Waals surface area contributed by atoms with E-state index in [1.165, 1.54) is 19.2 Å². The fourth-order valence-corrected chi connectivity index (χ4v) is 3.12. The lowest BCUT2D eigenvalue weighted by Crippen LogP contribution is -2.22. The van der Waals surface area contributed by atoms with Crippen LogP contribution in [0.5, 0.6) is 17.2 Å². The van der Waals surface area contributed by atoms with Gasteiger partial charge in [0.1, 0.15) is 22.3 Å². The van der Waals surface area contributed by atoms with Crippen LogP contribution in [-0.4, -0.2) is 28.9 Å². The number of aryl methyl sites for hydroxylation is 1. The van der Waals surface area contributed by atoms with E-state index in [0.717, 1.165) is 0 Å². The lowest BCUT2D eigenvalue weighted by atomic mass is 9.82. The van der Waals surface area contributed by atoms with E-state index in [0.29, 0.717) is 5.56 Å². The van der Waals surface area contributed by atoms with E-state index in [-0.39, 0.29) is 43.8 Å². The second kappa shape index (κ2) is 5.15. The number of fused-ring (bicyclic) bond motifs is 2. The number of benzene rings is 2. The van der Waals surface area contributed by atoms with E-state index >= 15 is 0 Å². The quantitative estimate of drug-likeness (QED) is 0.700. The number of hydrogen-bond donors (Lipinski definition) is 2. The molecule has 23 heavy (non-hydrogen) atoms. The minimum atomic E-state index is -0.726. The average Bonchev–Trinajstić information content (AvgIpc) is 2.50. The molecule has 0 heterocycles. The summed E-state index contributed by atoms with van der Waals surface area (Å²) in [5, 5.41) is 20.1. The maximum absolute atomic E-state index is 12.8. The van der Waals surface area contributed by atoms with Crippen molar-refractivity contribution in [2.24, 2.45) is 0 Å².